The molecule has 1 fully saturated rings. The van der Waals surface area contributed by atoms with Crippen molar-refractivity contribution in [3.05, 3.63) is 29.8 Å². The fraction of sp³-hybridized carbons (Fsp3) is 0.562. The third kappa shape index (κ3) is 5.29. The smallest absolute Gasteiger partial charge is 0.237 e. The highest BCUT2D eigenvalue weighted by atomic mass is 16.5. The minimum atomic E-state index is -0.413. The molecule has 22 heavy (non-hydrogen) atoms. The number of aliphatic hydroxyl groups is 1. The molecule has 0 saturated carbocycles. The second-order valence-electron chi connectivity index (χ2n) is 5.40. The van der Waals surface area contributed by atoms with E-state index in [0.29, 0.717) is 32.7 Å². The highest BCUT2D eigenvalue weighted by Gasteiger charge is 2.27. The Kier molecular flexibility index (Phi) is 6.64. The highest BCUT2D eigenvalue weighted by Crippen LogP contribution is 2.12. The first-order valence-electron chi connectivity index (χ1n) is 7.59. The molecule has 1 saturated heterocycles. The summed E-state index contributed by atoms with van der Waals surface area (Å²) >= 11 is 0. The largest absolute Gasteiger partial charge is 0.497 e. The zero-order chi connectivity index (χ0) is 15.8. The summed E-state index contributed by atoms with van der Waals surface area (Å²) in [5.41, 5.74) is 1.09. The van der Waals surface area contributed by atoms with E-state index in [9.17, 15) is 9.90 Å². The second kappa shape index (κ2) is 8.73. The quantitative estimate of drug-likeness (QED) is 0.607. The predicted molar refractivity (Wildman–Crippen MR) is 82.7 cm³/mol. The van der Waals surface area contributed by atoms with Gasteiger partial charge in [0.1, 0.15) is 5.75 Å². The molecule has 1 aliphatic heterocycles. The molecular formula is C16H24N2O4. The molecule has 1 aromatic rings. The molecule has 2 rings (SSSR count). The normalized spacial score (nSPS) is 20.8. The number of benzene rings is 1. The Labute approximate surface area is 130 Å². The average Bonchev–Trinajstić information content (AvgIpc) is 2.97. The Balaban J connectivity index is 1.52. The van der Waals surface area contributed by atoms with Crippen molar-refractivity contribution in [2.75, 3.05) is 26.8 Å². The van der Waals surface area contributed by atoms with Crippen LogP contribution in [0.5, 0.6) is 5.75 Å². The van der Waals surface area contributed by atoms with Crippen LogP contribution in [0.2, 0.25) is 0 Å². The number of ether oxygens (including phenoxy) is 2. The van der Waals surface area contributed by atoms with Crippen molar-refractivity contribution in [3.63, 3.8) is 0 Å². The number of rotatable bonds is 8. The van der Waals surface area contributed by atoms with Gasteiger partial charge in [-0.25, -0.2) is 0 Å². The SMILES string of the molecule is COc1ccc(COCCCNC(=O)C2CC(O)CN2)cc1. The molecule has 1 aromatic carbocycles. The van der Waals surface area contributed by atoms with E-state index in [1.165, 1.54) is 0 Å². The molecule has 6 nitrogen and oxygen atoms in total. The van der Waals surface area contributed by atoms with E-state index in [0.717, 1.165) is 17.7 Å². The van der Waals surface area contributed by atoms with Crippen molar-refractivity contribution in [3.8, 4) is 5.75 Å². The molecule has 1 amide bonds. The molecule has 6 heteroatoms. The van der Waals surface area contributed by atoms with Gasteiger partial charge in [-0.3, -0.25) is 4.79 Å². The van der Waals surface area contributed by atoms with Crippen LogP contribution in [0, 0.1) is 0 Å². The van der Waals surface area contributed by atoms with Crippen LogP contribution in [0.4, 0.5) is 0 Å². The van der Waals surface area contributed by atoms with Crippen LogP contribution in [0.25, 0.3) is 0 Å². The van der Waals surface area contributed by atoms with Gasteiger partial charge in [-0.15, -0.1) is 0 Å². The maximum atomic E-state index is 11.8. The van der Waals surface area contributed by atoms with Crippen LogP contribution in [0.15, 0.2) is 24.3 Å². The van der Waals surface area contributed by atoms with Crippen molar-refractivity contribution in [2.45, 2.75) is 31.6 Å². The molecule has 2 unspecified atom stereocenters. The minimum Gasteiger partial charge on any atom is -0.497 e. The molecule has 0 aromatic heterocycles. The Morgan fingerprint density at radius 3 is 2.82 bits per heavy atom. The lowest BCUT2D eigenvalue weighted by Crippen LogP contribution is -2.40. The van der Waals surface area contributed by atoms with Crippen molar-refractivity contribution >= 4 is 5.91 Å². The fourth-order valence-electron chi connectivity index (χ4n) is 2.34. The Bertz CT molecular complexity index is 464. The Morgan fingerprint density at radius 1 is 1.41 bits per heavy atom. The van der Waals surface area contributed by atoms with E-state index in [2.05, 4.69) is 10.6 Å². The summed E-state index contributed by atoms with van der Waals surface area (Å²) in [4.78, 5) is 11.8. The Morgan fingerprint density at radius 2 is 2.18 bits per heavy atom. The van der Waals surface area contributed by atoms with Crippen LogP contribution in [-0.2, 0) is 16.1 Å². The first kappa shape index (κ1) is 16.7. The summed E-state index contributed by atoms with van der Waals surface area (Å²) < 4.78 is 10.7. The van der Waals surface area contributed by atoms with E-state index in [1.54, 1.807) is 7.11 Å². The summed E-state index contributed by atoms with van der Waals surface area (Å²) in [5.74, 6) is 0.781. The number of β-amino-alcohol motifs (C(OH)–C–C–N with tert-alkyl or cyclic N) is 1. The van der Waals surface area contributed by atoms with Crippen LogP contribution in [-0.4, -0.2) is 50.0 Å². The third-order valence-electron chi connectivity index (χ3n) is 3.62. The number of hydrogen-bond acceptors (Lipinski definition) is 5. The van der Waals surface area contributed by atoms with Crippen LogP contribution in [0.3, 0.4) is 0 Å². The maximum Gasteiger partial charge on any atom is 0.237 e. The molecule has 0 spiro atoms. The van der Waals surface area contributed by atoms with Gasteiger partial charge in [-0.05, 0) is 30.5 Å². The number of aliphatic hydroxyl groups excluding tert-OH is 1. The molecular weight excluding hydrogens is 284 g/mol. The highest BCUT2D eigenvalue weighted by molar-refractivity contribution is 5.82. The number of hydrogen-bond donors (Lipinski definition) is 3. The summed E-state index contributed by atoms with van der Waals surface area (Å²) in [7, 11) is 1.64. The zero-order valence-corrected chi connectivity index (χ0v) is 12.9. The van der Waals surface area contributed by atoms with Crippen molar-refractivity contribution < 1.29 is 19.4 Å². The lowest BCUT2D eigenvalue weighted by molar-refractivity contribution is -0.122. The lowest BCUT2D eigenvalue weighted by atomic mass is 10.2. The van der Waals surface area contributed by atoms with E-state index in [4.69, 9.17) is 9.47 Å². The second-order valence-corrected chi connectivity index (χ2v) is 5.40. The van der Waals surface area contributed by atoms with Crippen LogP contribution in [0.1, 0.15) is 18.4 Å². The lowest BCUT2D eigenvalue weighted by Gasteiger charge is -2.11. The summed E-state index contributed by atoms with van der Waals surface area (Å²) in [6.45, 7) is 2.21. The number of carbonyl (C=O) groups excluding carboxylic acids is 1. The fourth-order valence-corrected chi connectivity index (χ4v) is 2.34. The first-order valence-corrected chi connectivity index (χ1v) is 7.59. The number of nitrogens with one attached hydrogen (secondary N) is 2. The van der Waals surface area contributed by atoms with E-state index < -0.39 is 6.10 Å². The molecule has 3 N–H and O–H groups in total. The molecule has 0 radical (unpaired) electrons. The van der Waals surface area contributed by atoms with E-state index >= 15 is 0 Å². The molecule has 2 atom stereocenters. The number of carbonyl (C=O) groups is 1. The predicted octanol–water partition coefficient (Wildman–Crippen LogP) is 0.441. The van der Waals surface area contributed by atoms with Gasteiger partial charge in [0.15, 0.2) is 0 Å². The summed E-state index contributed by atoms with van der Waals surface area (Å²) in [6, 6.07) is 7.48. The van der Waals surface area contributed by atoms with Crippen LogP contribution < -0.4 is 15.4 Å². The average molecular weight is 308 g/mol. The zero-order valence-electron chi connectivity index (χ0n) is 12.9. The monoisotopic (exact) mass is 308 g/mol. The maximum absolute atomic E-state index is 11.8. The van der Waals surface area contributed by atoms with Crippen molar-refractivity contribution in [2.24, 2.45) is 0 Å². The Hall–Kier alpha value is -1.63. The number of methoxy groups -OCH3 is 1. The summed E-state index contributed by atoms with van der Waals surface area (Å²) in [5, 5.41) is 15.2. The molecule has 0 aliphatic carbocycles. The van der Waals surface area contributed by atoms with Gasteiger partial charge < -0.3 is 25.2 Å². The van der Waals surface area contributed by atoms with Crippen molar-refractivity contribution in [1.82, 2.24) is 10.6 Å². The van der Waals surface area contributed by atoms with E-state index in [1.807, 2.05) is 24.3 Å². The standard InChI is InChI=1S/C16H24N2O4/c1-21-14-5-3-12(4-6-14)11-22-8-2-7-17-16(20)15-9-13(19)10-18-15/h3-6,13,15,18-19H,2,7-11H2,1H3,(H,17,20). The van der Waals surface area contributed by atoms with E-state index in [-0.39, 0.29) is 11.9 Å². The summed E-state index contributed by atoms with van der Waals surface area (Å²) in [6.07, 6.45) is 0.834. The number of amides is 1. The van der Waals surface area contributed by atoms with Crippen LogP contribution >= 0.6 is 0 Å². The molecule has 0 bridgehead atoms. The first-order chi connectivity index (χ1) is 10.7. The minimum absolute atomic E-state index is 0.0493. The molecule has 1 heterocycles. The molecule has 122 valence electrons. The third-order valence-corrected chi connectivity index (χ3v) is 3.62. The van der Waals surface area contributed by atoms with Crippen molar-refractivity contribution in [1.29, 1.82) is 0 Å². The van der Waals surface area contributed by atoms with Gasteiger partial charge in [-0.2, -0.15) is 0 Å². The van der Waals surface area contributed by atoms with Gasteiger partial charge in [0.05, 0.1) is 25.9 Å². The van der Waals surface area contributed by atoms with Gasteiger partial charge in [-0.1, -0.05) is 12.1 Å². The van der Waals surface area contributed by atoms with Gasteiger partial charge >= 0.3 is 0 Å². The topological polar surface area (TPSA) is 79.8 Å². The van der Waals surface area contributed by atoms with Gasteiger partial charge in [0.25, 0.3) is 0 Å². The van der Waals surface area contributed by atoms with Gasteiger partial charge in [0.2, 0.25) is 5.91 Å². The van der Waals surface area contributed by atoms with Gasteiger partial charge in [0, 0.05) is 19.7 Å². The molecule has 1 aliphatic rings.